The second kappa shape index (κ2) is 6.66. The van der Waals surface area contributed by atoms with Crippen LogP contribution in [-0.2, 0) is 11.3 Å². The predicted molar refractivity (Wildman–Crippen MR) is 86.7 cm³/mol. The third-order valence-electron chi connectivity index (χ3n) is 3.10. The molecule has 1 aliphatic rings. The van der Waals surface area contributed by atoms with Gasteiger partial charge in [0.05, 0.1) is 6.21 Å². The number of hydrazone groups is 1. The molecule has 0 spiro atoms. The summed E-state index contributed by atoms with van der Waals surface area (Å²) in [6, 6.07) is 8.22. The number of pyridine rings is 1. The Kier molecular flexibility index (Phi) is 4.42. The minimum atomic E-state index is -0.397. The molecular formula is C15H12BrN3O4. The molecule has 0 bridgehead atoms. The first-order valence-electron chi connectivity index (χ1n) is 6.70. The number of benzene rings is 1. The highest BCUT2D eigenvalue weighted by Crippen LogP contribution is 2.36. The van der Waals surface area contributed by atoms with Gasteiger partial charge in [0.1, 0.15) is 6.54 Å². The standard InChI is InChI=1S/C15H12BrN3O4/c16-11-6-13-12(22-9-23-13)5-10(11)7-17-18-14(20)8-19-4-2-1-3-15(19)21/h1-7H,8-9H2,(H,18,20)/b17-7-. The number of amides is 1. The molecule has 0 unspecified atom stereocenters. The van der Waals surface area contributed by atoms with Crippen molar-refractivity contribution in [3.63, 3.8) is 0 Å². The number of nitrogens with one attached hydrogen (secondary N) is 1. The number of ether oxygens (including phenoxy) is 2. The topological polar surface area (TPSA) is 81.9 Å². The number of fused-ring (bicyclic) bond motifs is 1. The minimum Gasteiger partial charge on any atom is -0.454 e. The number of nitrogens with zero attached hydrogens (tertiary/aromatic N) is 2. The summed E-state index contributed by atoms with van der Waals surface area (Å²) in [6.45, 7) is 0.0876. The number of carbonyl (C=O) groups is 1. The second-order valence-electron chi connectivity index (χ2n) is 4.69. The van der Waals surface area contributed by atoms with E-state index in [0.29, 0.717) is 11.5 Å². The van der Waals surface area contributed by atoms with Crippen LogP contribution in [0.1, 0.15) is 5.56 Å². The SMILES string of the molecule is O=C(Cn1ccccc1=O)N/N=C\c1cc2c(cc1Br)OCO2. The van der Waals surface area contributed by atoms with Crippen molar-refractivity contribution in [1.82, 2.24) is 9.99 Å². The van der Waals surface area contributed by atoms with Crippen molar-refractivity contribution < 1.29 is 14.3 Å². The summed E-state index contributed by atoms with van der Waals surface area (Å²) in [5.41, 5.74) is 2.86. The largest absolute Gasteiger partial charge is 0.454 e. The molecule has 0 fully saturated rings. The molecule has 1 aliphatic heterocycles. The fourth-order valence-electron chi connectivity index (χ4n) is 1.99. The number of hydrogen-bond donors (Lipinski definition) is 1. The van der Waals surface area contributed by atoms with Crippen molar-refractivity contribution >= 4 is 28.1 Å². The van der Waals surface area contributed by atoms with Gasteiger partial charge in [-0.2, -0.15) is 5.10 Å². The van der Waals surface area contributed by atoms with Crippen molar-refractivity contribution in [2.75, 3.05) is 6.79 Å². The molecule has 1 aromatic heterocycles. The van der Waals surface area contributed by atoms with Crippen LogP contribution in [0.2, 0.25) is 0 Å². The van der Waals surface area contributed by atoms with Crippen LogP contribution in [0.3, 0.4) is 0 Å². The second-order valence-corrected chi connectivity index (χ2v) is 5.54. The number of carbonyl (C=O) groups excluding carboxylic acids is 1. The molecule has 1 amide bonds. The van der Waals surface area contributed by atoms with Gasteiger partial charge in [0.25, 0.3) is 11.5 Å². The fraction of sp³-hybridized carbons (Fsp3) is 0.133. The van der Waals surface area contributed by atoms with Gasteiger partial charge in [-0.25, -0.2) is 5.43 Å². The van der Waals surface area contributed by atoms with E-state index in [9.17, 15) is 9.59 Å². The highest BCUT2D eigenvalue weighted by Gasteiger charge is 2.15. The first kappa shape index (κ1) is 15.3. The lowest BCUT2D eigenvalue weighted by atomic mass is 10.2. The lowest BCUT2D eigenvalue weighted by Gasteiger charge is -2.04. The van der Waals surface area contributed by atoms with Gasteiger partial charge in [-0.05, 0) is 34.1 Å². The molecule has 0 atom stereocenters. The van der Waals surface area contributed by atoms with Gasteiger partial charge in [0.15, 0.2) is 11.5 Å². The van der Waals surface area contributed by atoms with Gasteiger partial charge in [0.2, 0.25) is 6.79 Å². The average Bonchev–Trinajstić information content (AvgIpc) is 2.97. The summed E-state index contributed by atoms with van der Waals surface area (Å²) in [6.07, 6.45) is 3.03. The molecule has 8 heteroatoms. The Morgan fingerprint density at radius 3 is 2.91 bits per heavy atom. The zero-order valence-corrected chi connectivity index (χ0v) is 13.4. The van der Waals surface area contributed by atoms with E-state index in [0.717, 1.165) is 10.0 Å². The first-order chi connectivity index (χ1) is 11.1. The van der Waals surface area contributed by atoms with Crippen LogP contribution >= 0.6 is 15.9 Å². The van der Waals surface area contributed by atoms with Crippen LogP contribution in [0.15, 0.2) is 50.9 Å². The number of aromatic nitrogens is 1. The molecule has 7 nitrogen and oxygen atoms in total. The van der Waals surface area contributed by atoms with Crippen molar-refractivity contribution in [2.24, 2.45) is 5.10 Å². The molecule has 3 rings (SSSR count). The van der Waals surface area contributed by atoms with Crippen LogP contribution < -0.4 is 20.5 Å². The van der Waals surface area contributed by atoms with E-state index in [1.165, 1.54) is 16.8 Å². The maximum absolute atomic E-state index is 11.8. The van der Waals surface area contributed by atoms with Gasteiger partial charge in [0, 0.05) is 22.3 Å². The molecular weight excluding hydrogens is 366 g/mol. The summed E-state index contributed by atoms with van der Waals surface area (Å²) in [5.74, 6) is 0.879. The zero-order valence-electron chi connectivity index (χ0n) is 11.9. The highest BCUT2D eigenvalue weighted by atomic mass is 79.9. The van der Waals surface area contributed by atoms with E-state index in [4.69, 9.17) is 9.47 Å². The summed E-state index contributed by atoms with van der Waals surface area (Å²) in [7, 11) is 0. The average molecular weight is 378 g/mol. The van der Waals surface area contributed by atoms with E-state index >= 15 is 0 Å². The number of rotatable bonds is 4. The molecule has 1 N–H and O–H groups in total. The minimum absolute atomic E-state index is 0.0979. The van der Waals surface area contributed by atoms with Crippen LogP contribution in [0.5, 0.6) is 11.5 Å². The summed E-state index contributed by atoms with van der Waals surface area (Å²) in [4.78, 5) is 23.3. The molecule has 1 aromatic carbocycles. The quantitative estimate of drug-likeness (QED) is 0.646. The summed E-state index contributed by atoms with van der Waals surface area (Å²) in [5, 5.41) is 3.89. The van der Waals surface area contributed by atoms with E-state index < -0.39 is 5.91 Å². The van der Waals surface area contributed by atoms with Crippen LogP contribution in [0, 0.1) is 0 Å². The van der Waals surface area contributed by atoms with Crippen molar-refractivity contribution in [2.45, 2.75) is 6.54 Å². The molecule has 0 saturated carbocycles. The van der Waals surface area contributed by atoms with Gasteiger partial charge in [-0.15, -0.1) is 0 Å². The third-order valence-corrected chi connectivity index (χ3v) is 3.78. The fourth-order valence-corrected chi connectivity index (χ4v) is 2.41. The lowest BCUT2D eigenvalue weighted by molar-refractivity contribution is -0.121. The lowest BCUT2D eigenvalue weighted by Crippen LogP contribution is -2.28. The van der Waals surface area contributed by atoms with Gasteiger partial charge >= 0.3 is 0 Å². The molecule has 23 heavy (non-hydrogen) atoms. The summed E-state index contributed by atoms with van der Waals surface area (Å²) < 4.78 is 12.6. The first-order valence-corrected chi connectivity index (χ1v) is 7.49. The van der Waals surface area contributed by atoms with Crippen LogP contribution in [0.4, 0.5) is 0 Å². The third kappa shape index (κ3) is 3.59. The van der Waals surface area contributed by atoms with Crippen molar-refractivity contribution in [3.8, 4) is 11.5 Å². The van der Waals surface area contributed by atoms with Gasteiger partial charge < -0.3 is 14.0 Å². The molecule has 118 valence electrons. The van der Waals surface area contributed by atoms with Gasteiger partial charge in [-0.1, -0.05) is 6.07 Å². The van der Waals surface area contributed by atoms with Gasteiger partial charge in [-0.3, -0.25) is 9.59 Å². The maximum Gasteiger partial charge on any atom is 0.260 e. The van der Waals surface area contributed by atoms with E-state index in [-0.39, 0.29) is 18.9 Å². The molecule has 2 heterocycles. The monoisotopic (exact) mass is 377 g/mol. The molecule has 0 aliphatic carbocycles. The Hall–Kier alpha value is -2.61. The number of halogens is 1. The number of hydrogen-bond acceptors (Lipinski definition) is 5. The Morgan fingerprint density at radius 1 is 1.35 bits per heavy atom. The smallest absolute Gasteiger partial charge is 0.260 e. The van der Waals surface area contributed by atoms with Crippen molar-refractivity contribution in [1.29, 1.82) is 0 Å². The Bertz CT molecular complexity index is 832. The zero-order chi connectivity index (χ0) is 16.2. The van der Waals surface area contributed by atoms with E-state index in [2.05, 4.69) is 26.5 Å². The Balaban J connectivity index is 1.64. The Morgan fingerprint density at radius 2 is 2.13 bits per heavy atom. The van der Waals surface area contributed by atoms with Crippen LogP contribution in [-0.4, -0.2) is 23.5 Å². The van der Waals surface area contributed by atoms with Crippen molar-refractivity contribution in [3.05, 3.63) is 56.9 Å². The van der Waals surface area contributed by atoms with Crippen LogP contribution in [0.25, 0.3) is 0 Å². The van der Waals surface area contributed by atoms with E-state index in [1.807, 2.05) is 0 Å². The molecule has 2 aromatic rings. The molecule has 0 radical (unpaired) electrons. The summed E-state index contributed by atoms with van der Waals surface area (Å²) >= 11 is 3.40. The highest BCUT2D eigenvalue weighted by molar-refractivity contribution is 9.10. The Labute approximate surface area is 139 Å². The maximum atomic E-state index is 11.8. The van der Waals surface area contributed by atoms with E-state index in [1.54, 1.807) is 30.5 Å². The predicted octanol–water partition coefficient (Wildman–Crippen LogP) is 1.49. The molecule has 0 saturated heterocycles. The normalized spacial score (nSPS) is 12.6.